The summed E-state index contributed by atoms with van der Waals surface area (Å²) >= 11 is 0. The highest BCUT2D eigenvalue weighted by Crippen LogP contribution is 2.24. The van der Waals surface area contributed by atoms with E-state index >= 15 is 0 Å². The Hall–Kier alpha value is -1.16. The van der Waals surface area contributed by atoms with Crippen LogP contribution in [0.5, 0.6) is 0 Å². The molecule has 0 saturated carbocycles. The summed E-state index contributed by atoms with van der Waals surface area (Å²) in [5, 5.41) is 0. The van der Waals surface area contributed by atoms with E-state index in [4.69, 9.17) is 0 Å². The molecule has 4 nitrogen and oxygen atoms in total. The van der Waals surface area contributed by atoms with Gasteiger partial charge in [0.2, 0.25) is 5.95 Å². The summed E-state index contributed by atoms with van der Waals surface area (Å²) in [4.78, 5) is 13.4. The highest BCUT2D eigenvalue weighted by Gasteiger charge is 2.20. The molecule has 19 heavy (non-hydrogen) atoms. The molecule has 0 aliphatic carbocycles. The van der Waals surface area contributed by atoms with E-state index in [-0.39, 0.29) is 0 Å². The molecule has 0 aromatic carbocycles. The monoisotopic (exact) mass is 262 g/mol. The summed E-state index contributed by atoms with van der Waals surface area (Å²) in [6.07, 6.45) is 9.06. The summed E-state index contributed by atoms with van der Waals surface area (Å²) in [6.45, 7) is 5.45. The lowest BCUT2D eigenvalue weighted by atomic mass is 9.92. The van der Waals surface area contributed by atoms with Crippen molar-refractivity contribution >= 4 is 5.95 Å². The summed E-state index contributed by atoms with van der Waals surface area (Å²) in [7, 11) is 4.30. The second kappa shape index (κ2) is 6.85. The normalized spacial score (nSPS) is 17.2. The van der Waals surface area contributed by atoms with Gasteiger partial charge in [0.05, 0.1) is 0 Å². The van der Waals surface area contributed by atoms with Crippen LogP contribution in [0.3, 0.4) is 0 Å². The van der Waals surface area contributed by atoms with Crippen LogP contribution in [0.4, 0.5) is 5.95 Å². The first kappa shape index (κ1) is 14.3. The SMILES string of the molecule is Cc1cnc(N2CCC(CCCN(C)C)CC2)nc1. The Morgan fingerprint density at radius 1 is 1.21 bits per heavy atom. The van der Waals surface area contributed by atoms with Crippen molar-refractivity contribution in [2.45, 2.75) is 32.6 Å². The Labute approximate surface area is 116 Å². The lowest BCUT2D eigenvalue weighted by Crippen LogP contribution is -2.35. The van der Waals surface area contributed by atoms with Gasteiger partial charge in [0.1, 0.15) is 0 Å². The maximum atomic E-state index is 4.42. The van der Waals surface area contributed by atoms with E-state index in [9.17, 15) is 0 Å². The standard InChI is InChI=1S/C15H26N4/c1-13-11-16-15(17-12-13)19-9-6-14(7-10-19)5-4-8-18(2)3/h11-12,14H,4-10H2,1-3H3. The lowest BCUT2D eigenvalue weighted by molar-refractivity contribution is 0.330. The van der Waals surface area contributed by atoms with Crippen molar-refractivity contribution in [2.24, 2.45) is 5.92 Å². The average Bonchev–Trinajstić information content (AvgIpc) is 2.40. The first-order valence-electron chi connectivity index (χ1n) is 7.33. The molecule has 1 fully saturated rings. The molecule has 1 saturated heterocycles. The number of piperidine rings is 1. The fraction of sp³-hybridized carbons (Fsp3) is 0.733. The predicted octanol–water partition coefficient (Wildman–Crippen LogP) is 2.34. The maximum Gasteiger partial charge on any atom is 0.225 e. The molecule has 4 heteroatoms. The van der Waals surface area contributed by atoms with Crippen LogP contribution < -0.4 is 4.90 Å². The van der Waals surface area contributed by atoms with Gasteiger partial charge in [-0.15, -0.1) is 0 Å². The van der Waals surface area contributed by atoms with Crippen LogP contribution in [0.1, 0.15) is 31.2 Å². The summed E-state index contributed by atoms with van der Waals surface area (Å²) in [5.41, 5.74) is 1.13. The first-order chi connectivity index (χ1) is 9.15. The number of nitrogens with zero attached hydrogens (tertiary/aromatic N) is 4. The van der Waals surface area contributed by atoms with Crippen LogP contribution in [-0.2, 0) is 0 Å². The lowest BCUT2D eigenvalue weighted by Gasteiger charge is -2.32. The fourth-order valence-electron chi connectivity index (χ4n) is 2.67. The number of hydrogen-bond donors (Lipinski definition) is 0. The minimum absolute atomic E-state index is 0.890. The minimum Gasteiger partial charge on any atom is -0.341 e. The molecule has 1 aromatic heterocycles. The van der Waals surface area contributed by atoms with Crippen LogP contribution in [0.25, 0.3) is 0 Å². The van der Waals surface area contributed by atoms with Crippen molar-refractivity contribution in [3.05, 3.63) is 18.0 Å². The Kier molecular flexibility index (Phi) is 5.14. The molecule has 2 rings (SSSR count). The van der Waals surface area contributed by atoms with Crippen molar-refractivity contribution in [2.75, 3.05) is 38.6 Å². The van der Waals surface area contributed by atoms with E-state index < -0.39 is 0 Å². The largest absolute Gasteiger partial charge is 0.341 e. The molecule has 0 amide bonds. The van der Waals surface area contributed by atoms with Crippen LogP contribution in [0.2, 0.25) is 0 Å². The zero-order chi connectivity index (χ0) is 13.7. The van der Waals surface area contributed by atoms with Gasteiger partial charge in [-0.3, -0.25) is 0 Å². The molecule has 0 unspecified atom stereocenters. The topological polar surface area (TPSA) is 32.3 Å². The summed E-state index contributed by atoms with van der Waals surface area (Å²) < 4.78 is 0. The van der Waals surface area contributed by atoms with E-state index in [0.717, 1.165) is 30.5 Å². The molecular formula is C15H26N4. The fourth-order valence-corrected chi connectivity index (χ4v) is 2.67. The molecule has 1 aliphatic rings. The Morgan fingerprint density at radius 3 is 2.42 bits per heavy atom. The van der Waals surface area contributed by atoms with Crippen molar-refractivity contribution < 1.29 is 0 Å². The highest BCUT2D eigenvalue weighted by atomic mass is 15.2. The van der Waals surface area contributed by atoms with Gasteiger partial charge in [-0.05, 0) is 64.7 Å². The van der Waals surface area contributed by atoms with Gasteiger partial charge < -0.3 is 9.80 Å². The quantitative estimate of drug-likeness (QED) is 0.815. The van der Waals surface area contributed by atoms with Gasteiger partial charge in [0, 0.05) is 25.5 Å². The third-order valence-corrected chi connectivity index (χ3v) is 3.88. The Morgan fingerprint density at radius 2 is 1.84 bits per heavy atom. The van der Waals surface area contributed by atoms with E-state index in [1.807, 2.05) is 19.3 Å². The van der Waals surface area contributed by atoms with Crippen molar-refractivity contribution in [3.8, 4) is 0 Å². The summed E-state index contributed by atoms with van der Waals surface area (Å²) in [5.74, 6) is 1.79. The molecule has 0 spiro atoms. The molecule has 0 radical (unpaired) electrons. The van der Waals surface area contributed by atoms with Crippen LogP contribution in [-0.4, -0.2) is 48.6 Å². The van der Waals surface area contributed by atoms with Crippen molar-refractivity contribution in [1.82, 2.24) is 14.9 Å². The third-order valence-electron chi connectivity index (χ3n) is 3.88. The Balaban J connectivity index is 1.74. The van der Waals surface area contributed by atoms with Gasteiger partial charge in [-0.25, -0.2) is 9.97 Å². The van der Waals surface area contributed by atoms with Crippen LogP contribution in [0.15, 0.2) is 12.4 Å². The number of hydrogen-bond acceptors (Lipinski definition) is 4. The summed E-state index contributed by atoms with van der Waals surface area (Å²) in [6, 6.07) is 0. The first-order valence-corrected chi connectivity index (χ1v) is 7.33. The van der Waals surface area contributed by atoms with Gasteiger partial charge in [-0.1, -0.05) is 0 Å². The number of aromatic nitrogens is 2. The minimum atomic E-state index is 0.890. The van der Waals surface area contributed by atoms with E-state index in [1.165, 1.54) is 32.2 Å². The Bertz CT molecular complexity index is 366. The van der Waals surface area contributed by atoms with E-state index in [0.29, 0.717) is 0 Å². The van der Waals surface area contributed by atoms with E-state index in [2.05, 4.69) is 33.9 Å². The second-order valence-electron chi connectivity index (χ2n) is 5.94. The molecule has 0 atom stereocenters. The number of aryl methyl sites for hydroxylation is 1. The molecule has 106 valence electrons. The van der Waals surface area contributed by atoms with Crippen molar-refractivity contribution in [1.29, 1.82) is 0 Å². The van der Waals surface area contributed by atoms with Gasteiger partial charge in [0.25, 0.3) is 0 Å². The van der Waals surface area contributed by atoms with Crippen LogP contribution >= 0.6 is 0 Å². The second-order valence-corrected chi connectivity index (χ2v) is 5.94. The van der Waals surface area contributed by atoms with Crippen LogP contribution in [0, 0.1) is 12.8 Å². The number of anilines is 1. The zero-order valence-electron chi connectivity index (χ0n) is 12.5. The molecular weight excluding hydrogens is 236 g/mol. The molecule has 0 bridgehead atoms. The maximum absolute atomic E-state index is 4.42. The molecule has 1 aliphatic heterocycles. The smallest absolute Gasteiger partial charge is 0.225 e. The predicted molar refractivity (Wildman–Crippen MR) is 79.5 cm³/mol. The van der Waals surface area contributed by atoms with E-state index in [1.54, 1.807) is 0 Å². The van der Waals surface area contributed by atoms with Crippen molar-refractivity contribution in [3.63, 3.8) is 0 Å². The van der Waals surface area contributed by atoms with Gasteiger partial charge in [0.15, 0.2) is 0 Å². The molecule has 2 heterocycles. The van der Waals surface area contributed by atoms with Gasteiger partial charge in [-0.2, -0.15) is 0 Å². The molecule has 0 N–H and O–H groups in total. The third kappa shape index (κ3) is 4.46. The average molecular weight is 262 g/mol. The zero-order valence-corrected chi connectivity index (χ0v) is 12.5. The van der Waals surface area contributed by atoms with Gasteiger partial charge >= 0.3 is 0 Å². The number of rotatable bonds is 5. The highest BCUT2D eigenvalue weighted by molar-refractivity contribution is 5.30. The molecule has 1 aromatic rings.